The van der Waals surface area contributed by atoms with Crippen molar-refractivity contribution in [2.75, 3.05) is 13.2 Å². The van der Waals surface area contributed by atoms with Gasteiger partial charge in [0, 0.05) is 47.4 Å². The van der Waals surface area contributed by atoms with Crippen LogP contribution >= 0.6 is 11.6 Å². The van der Waals surface area contributed by atoms with Gasteiger partial charge in [0.1, 0.15) is 18.1 Å². The number of H-pyrrole nitrogens is 1. The van der Waals surface area contributed by atoms with E-state index in [0.717, 1.165) is 31.2 Å². The monoisotopic (exact) mass is 627 g/mol. The molecule has 1 fully saturated rings. The number of hydrogen-bond acceptors (Lipinski definition) is 5. The van der Waals surface area contributed by atoms with Crippen LogP contribution in [0.3, 0.4) is 0 Å². The molecule has 5 rings (SSSR count). The van der Waals surface area contributed by atoms with Crippen molar-refractivity contribution in [2.24, 2.45) is 5.73 Å². The van der Waals surface area contributed by atoms with E-state index in [1.807, 2.05) is 0 Å². The Balaban J connectivity index is 1.37. The Labute approximate surface area is 258 Å². The Bertz CT molecular complexity index is 1710. The summed E-state index contributed by atoms with van der Waals surface area (Å²) < 4.78 is 44.5. The molecule has 1 aliphatic heterocycles. The summed E-state index contributed by atoms with van der Waals surface area (Å²) in [5, 5.41) is 14.6. The highest BCUT2D eigenvalue weighted by atomic mass is 35.5. The Morgan fingerprint density at radius 1 is 1.25 bits per heavy atom. The number of fused-ring (bicyclic) bond motifs is 1. The molecule has 1 aliphatic rings. The molecule has 2 aromatic heterocycles. The maximum Gasteiger partial charge on any atom is 0.354 e. The highest BCUT2D eigenvalue weighted by Gasteiger charge is 2.24. The van der Waals surface area contributed by atoms with E-state index >= 15 is 8.78 Å². The molecule has 0 bridgehead atoms. The van der Waals surface area contributed by atoms with Crippen molar-refractivity contribution in [2.45, 2.75) is 70.0 Å². The second kappa shape index (κ2) is 14.0. The van der Waals surface area contributed by atoms with Crippen LogP contribution in [0.1, 0.15) is 62.6 Å². The number of alkyl halides is 1. The summed E-state index contributed by atoms with van der Waals surface area (Å²) in [5.41, 5.74) is 7.57. The van der Waals surface area contributed by atoms with E-state index < -0.39 is 30.0 Å². The van der Waals surface area contributed by atoms with E-state index in [9.17, 15) is 9.18 Å². The lowest BCUT2D eigenvalue weighted by molar-refractivity contribution is 0.307. The van der Waals surface area contributed by atoms with Crippen molar-refractivity contribution in [3.63, 3.8) is 0 Å². The highest BCUT2D eigenvalue weighted by molar-refractivity contribution is 6.31. The first-order valence-electron chi connectivity index (χ1n) is 14.9. The number of nitrogens with two attached hydrogens (primary N) is 1. The van der Waals surface area contributed by atoms with Gasteiger partial charge in [-0.05, 0) is 81.3 Å². The van der Waals surface area contributed by atoms with Crippen LogP contribution in [0.2, 0.25) is 5.02 Å². The van der Waals surface area contributed by atoms with Crippen molar-refractivity contribution in [1.82, 2.24) is 25.2 Å². The third-order valence-corrected chi connectivity index (χ3v) is 8.40. The van der Waals surface area contributed by atoms with Crippen LogP contribution in [0.15, 0.2) is 47.4 Å². The van der Waals surface area contributed by atoms with Gasteiger partial charge in [-0.3, -0.25) is 9.98 Å². The summed E-state index contributed by atoms with van der Waals surface area (Å²) >= 11 is 6.20. The van der Waals surface area contributed by atoms with Crippen LogP contribution in [-0.4, -0.2) is 45.7 Å². The van der Waals surface area contributed by atoms with Crippen LogP contribution in [-0.2, 0) is 6.42 Å². The minimum atomic E-state index is -0.616. The number of nitrogens with zero attached hydrogens (tertiary/aromatic N) is 2. The number of benzene rings is 2. The van der Waals surface area contributed by atoms with Gasteiger partial charge >= 0.3 is 5.69 Å². The lowest BCUT2D eigenvalue weighted by Crippen LogP contribution is -2.39. The minimum Gasteiger partial charge on any atom is -0.374 e. The number of rotatable bonds is 11. The van der Waals surface area contributed by atoms with Gasteiger partial charge in [0.25, 0.3) is 0 Å². The van der Waals surface area contributed by atoms with Gasteiger partial charge < -0.3 is 21.4 Å². The Morgan fingerprint density at radius 2 is 2.07 bits per heavy atom. The molecule has 234 valence electrons. The molecular weight excluding hydrogens is 591 g/mol. The molecule has 8 nitrogen and oxygen atoms in total. The lowest BCUT2D eigenvalue weighted by atomic mass is 9.91. The van der Waals surface area contributed by atoms with Crippen LogP contribution in [0.4, 0.5) is 13.2 Å². The number of hydrogen-bond donors (Lipinski definition) is 5. The Kier molecular flexibility index (Phi) is 10.1. The molecule has 12 heteroatoms. The molecule has 6 N–H and O–H groups in total. The largest absolute Gasteiger partial charge is 0.374 e. The molecular formula is C32H37ClF3N7O. The van der Waals surface area contributed by atoms with Crippen molar-refractivity contribution in [3.05, 3.63) is 80.9 Å². The number of amidine groups is 1. The van der Waals surface area contributed by atoms with E-state index in [1.165, 1.54) is 10.6 Å². The van der Waals surface area contributed by atoms with E-state index in [0.29, 0.717) is 54.0 Å². The van der Waals surface area contributed by atoms with Crippen molar-refractivity contribution in [1.29, 1.82) is 5.41 Å². The molecule has 0 radical (unpaired) electrons. The summed E-state index contributed by atoms with van der Waals surface area (Å²) in [6.07, 6.45) is 6.80. The van der Waals surface area contributed by atoms with E-state index in [2.05, 4.69) is 20.6 Å². The average molecular weight is 628 g/mol. The molecule has 4 aromatic rings. The Hall–Kier alpha value is -3.67. The number of piperidine rings is 1. The predicted octanol–water partition coefficient (Wildman–Crippen LogP) is 6.09. The smallest absolute Gasteiger partial charge is 0.354 e. The van der Waals surface area contributed by atoms with Crippen LogP contribution < -0.4 is 22.1 Å². The average Bonchev–Trinajstić information content (AvgIpc) is 3.40. The van der Waals surface area contributed by atoms with Gasteiger partial charge in [-0.1, -0.05) is 24.1 Å². The predicted molar refractivity (Wildman–Crippen MR) is 168 cm³/mol. The first-order valence-corrected chi connectivity index (χ1v) is 15.3. The lowest BCUT2D eigenvalue weighted by Gasteiger charge is -2.32. The van der Waals surface area contributed by atoms with Crippen molar-refractivity contribution < 1.29 is 13.2 Å². The topological polar surface area (TPSA) is 125 Å². The molecule has 0 unspecified atom stereocenters. The summed E-state index contributed by atoms with van der Waals surface area (Å²) in [6.45, 7) is 1.79. The third-order valence-electron chi connectivity index (χ3n) is 8.13. The number of aryl methyl sites for hydroxylation is 1. The van der Waals surface area contributed by atoms with Gasteiger partial charge in [0.05, 0.1) is 22.2 Å². The Morgan fingerprint density at radius 3 is 2.82 bits per heavy atom. The van der Waals surface area contributed by atoms with Crippen LogP contribution in [0, 0.1) is 17.0 Å². The fourth-order valence-corrected chi connectivity index (χ4v) is 6.07. The normalized spacial score (nSPS) is 17.6. The number of halogens is 4. The van der Waals surface area contributed by atoms with E-state index in [4.69, 9.17) is 22.7 Å². The first kappa shape index (κ1) is 31.7. The minimum absolute atomic E-state index is 0.0500. The van der Waals surface area contributed by atoms with E-state index in [1.54, 1.807) is 43.5 Å². The number of aromatic nitrogens is 3. The highest BCUT2D eigenvalue weighted by Crippen LogP contribution is 2.32. The summed E-state index contributed by atoms with van der Waals surface area (Å²) in [4.78, 5) is 20.1. The number of aromatic amines is 1. The maximum absolute atomic E-state index is 15.4. The van der Waals surface area contributed by atoms with Gasteiger partial charge in [-0.15, -0.1) is 0 Å². The van der Waals surface area contributed by atoms with Crippen LogP contribution in [0.25, 0.3) is 28.0 Å². The molecule has 2 aromatic carbocycles. The molecule has 0 saturated carbocycles. The molecule has 0 aliphatic carbocycles. The van der Waals surface area contributed by atoms with Gasteiger partial charge in [-0.2, -0.15) is 4.98 Å². The maximum atomic E-state index is 15.4. The van der Waals surface area contributed by atoms with E-state index in [-0.39, 0.29) is 28.3 Å². The van der Waals surface area contributed by atoms with Gasteiger partial charge in [0.15, 0.2) is 5.82 Å². The molecule has 0 spiro atoms. The molecule has 3 heterocycles. The molecule has 44 heavy (non-hydrogen) atoms. The fourth-order valence-electron chi connectivity index (χ4n) is 5.83. The summed E-state index contributed by atoms with van der Waals surface area (Å²) in [7, 11) is 0. The quantitative estimate of drug-likeness (QED) is 0.102. The summed E-state index contributed by atoms with van der Waals surface area (Å²) in [6, 6.07) is 9.16. The van der Waals surface area contributed by atoms with Gasteiger partial charge in [0.2, 0.25) is 0 Å². The first-order chi connectivity index (χ1) is 21.1. The molecule has 3 atom stereocenters. The second-order valence-electron chi connectivity index (χ2n) is 11.5. The SMILES string of the molecule is CC(=N)NCC[C@@H]1CCC[C@@H](c2ccc(-n3cc4cc(-c5cc(CCC[C@@H](N)CF)cc(Cl)c5F)[nH]c4nc3=O)cc2F)N1. The second-order valence-corrected chi connectivity index (χ2v) is 11.9. The molecule has 1 saturated heterocycles. The standard InChI is InChI=1S/C32H37ClF3N7O/c1-18(37)39-11-10-22-6-3-7-28(40-22)24-9-8-23(15-27(24)35)43-17-20-14-29(41-31(20)42-32(43)44)25-12-19(13-26(33)30(25)36)4-2-5-21(38)16-34/h8-9,12-15,17,21-22,28,40H,2-7,10-11,16,38H2,1H3,(H2,37,39)(H,41,42,44)/t21-,22+,28+/m1/s1. The van der Waals surface area contributed by atoms with Gasteiger partial charge in [-0.25, -0.2) is 18.0 Å². The summed E-state index contributed by atoms with van der Waals surface area (Å²) in [5.74, 6) is -0.612. The zero-order valence-electron chi connectivity index (χ0n) is 24.5. The fraction of sp³-hybridized carbons (Fsp3) is 0.406. The third kappa shape index (κ3) is 7.34. The van der Waals surface area contributed by atoms with Crippen molar-refractivity contribution >= 4 is 28.5 Å². The zero-order valence-corrected chi connectivity index (χ0v) is 25.3. The zero-order chi connectivity index (χ0) is 31.4. The number of nitrogens with one attached hydrogen (secondary N) is 4. The molecule has 0 amide bonds. The van der Waals surface area contributed by atoms with Crippen LogP contribution in [0.5, 0.6) is 0 Å². The van der Waals surface area contributed by atoms with Crippen molar-refractivity contribution in [3.8, 4) is 16.9 Å².